The summed E-state index contributed by atoms with van der Waals surface area (Å²) in [6.07, 6.45) is 0. The highest BCUT2D eigenvalue weighted by Crippen LogP contribution is 2.27. The van der Waals surface area contributed by atoms with Crippen LogP contribution in [0.25, 0.3) is 10.6 Å². The summed E-state index contributed by atoms with van der Waals surface area (Å²) in [5.74, 6) is -0.657. The van der Waals surface area contributed by atoms with Crippen molar-refractivity contribution in [3.63, 3.8) is 0 Å². The highest BCUT2D eigenvalue weighted by atomic mass is 32.2. The zero-order chi connectivity index (χ0) is 20.4. The summed E-state index contributed by atoms with van der Waals surface area (Å²) < 4.78 is 47.4. The van der Waals surface area contributed by atoms with E-state index >= 15 is 0 Å². The lowest BCUT2D eigenvalue weighted by atomic mass is 10.2. The van der Waals surface area contributed by atoms with Crippen LogP contribution in [0.3, 0.4) is 0 Å². The number of hydrogen-bond acceptors (Lipinski definition) is 6. The second-order valence-corrected chi connectivity index (χ2v) is 9.51. The first kappa shape index (κ1) is 20.4. The first-order valence-electron chi connectivity index (χ1n) is 9.29. The third kappa shape index (κ3) is 4.19. The Hall–Kier alpha value is -1.92. The van der Waals surface area contributed by atoms with Gasteiger partial charge < -0.3 is 9.64 Å². The highest BCUT2D eigenvalue weighted by Gasteiger charge is 2.34. The molecular formula is C18H21FN4O4S2. The maximum absolute atomic E-state index is 13.9. The normalized spacial score (nSPS) is 19.4. The molecular weight excluding hydrogens is 419 g/mol. The Morgan fingerprint density at radius 3 is 2.38 bits per heavy atom. The van der Waals surface area contributed by atoms with Crippen LogP contribution < -0.4 is 0 Å². The molecule has 3 heterocycles. The molecule has 1 amide bonds. The summed E-state index contributed by atoms with van der Waals surface area (Å²) >= 11 is 1.21. The van der Waals surface area contributed by atoms with Crippen molar-refractivity contribution in [2.75, 3.05) is 52.5 Å². The number of halogens is 1. The van der Waals surface area contributed by atoms with Gasteiger partial charge in [-0.2, -0.15) is 17.0 Å². The number of nitrogens with zero attached hydrogens (tertiary/aromatic N) is 4. The summed E-state index contributed by atoms with van der Waals surface area (Å²) in [5, 5.41) is 2.06. The zero-order valence-electron chi connectivity index (χ0n) is 15.7. The van der Waals surface area contributed by atoms with Gasteiger partial charge in [-0.05, 0) is 12.1 Å². The Labute approximate surface area is 172 Å². The van der Waals surface area contributed by atoms with Crippen LogP contribution in [0, 0.1) is 5.82 Å². The molecule has 0 atom stereocenters. The maximum atomic E-state index is 13.9. The van der Waals surface area contributed by atoms with E-state index in [0.717, 1.165) is 0 Å². The number of thiazole rings is 1. The van der Waals surface area contributed by atoms with Gasteiger partial charge in [-0.25, -0.2) is 9.37 Å². The molecule has 0 spiro atoms. The van der Waals surface area contributed by atoms with Crippen LogP contribution in [-0.4, -0.2) is 85.3 Å². The topological polar surface area (TPSA) is 83.1 Å². The fourth-order valence-electron chi connectivity index (χ4n) is 3.35. The minimum Gasteiger partial charge on any atom is -0.379 e. The number of hydrogen-bond donors (Lipinski definition) is 0. The van der Waals surface area contributed by atoms with Crippen LogP contribution in [0.5, 0.6) is 0 Å². The third-order valence-corrected chi connectivity index (χ3v) is 7.89. The summed E-state index contributed by atoms with van der Waals surface area (Å²) in [4.78, 5) is 18.6. The highest BCUT2D eigenvalue weighted by molar-refractivity contribution is 7.86. The molecule has 4 rings (SSSR count). The van der Waals surface area contributed by atoms with E-state index in [9.17, 15) is 17.6 Å². The number of aromatic nitrogens is 1. The SMILES string of the molecule is O=C(c1csc(-c2ccccc2F)n1)N1CCN(S(=O)(=O)N2CCOCC2)CC1. The van der Waals surface area contributed by atoms with Crippen LogP contribution in [0.4, 0.5) is 4.39 Å². The van der Waals surface area contributed by atoms with E-state index < -0.39 is 10.2 Å². The predicted molar refractivity (Wildman–Crippen MR) is 106 cm³/mol. The molecule has 0 N–H and O–H groups in total. The van der Waals surface area contributed by atoms with Gasteiger partial charge in [0, 0.05) is 50.2 Å². The fraction of sp³-hybridized carbons (Fsp3) is 0.444. The Kier molecular flexibility index (Phi) is 5.93. The Morgan fingerprint density at radius 2 is 1.69 bits per heavy atom. The molecule has 1 aromatic carbocycles. The van der Waals surface area contributed by atoms with Crippen molar-refractivity contribution < 1.29 is 22.3 Å². The van der Waals surface area contributed by atoms with Gasteiger partial charge >= 0.3 is 0 Å². The van der Waals surface area contributed by atoms with E-state index in [2.05, 4.69) is 4.98 Å². The smallest absolute Gasteiger partial charge is 0.282 e. The number of ether oxygens (including phenoxy) is 1. The van der Waals surface area contributed by atoms with Gasteiger partial charge in [0.05, 0.1) is 13.2 Å². The lowest BCUT2D eigenvalue weighted by molar-refractivity contribution is 0.0634. The standard InChI is InChI=1S/C18H21FN4O4S2/c19-15-4-2-1-3-14(15)17-20-16(13-28-17)18(24)21-5-7-22(8-6-21)29(25,26)23-9-11-27-12-10-23/h1-4,13H,5-12H2. The zero-order valence-corrected chi connectivity index (χ0v) is 17.3. The van der Waals surface area contributed by atoms with Gasteiger partial charge in [-0.1, -0.05) is 12.1 Å². The molecule has 156 valence electrons. The second kappa shape index (κ2) is 8.44. The van der Waals surface area contributed by atoms with Crippen molar-refractivity contribution >= 4 is 27.5 Å². The number of amides is 1. The molecule has 2 fully saturated rings. The average molecular weight is 441 g/mol. The summed E-state index contributed by atoms with van der Waals surface area (Å²) in [5.41, 5.74) is 0.607. The maximum Gasteiger partial charge on any atom is 0.282 e. The van der Waals surface area contributed by atoms with Crippen LogP contribution in [0.1, 0.15) is 10.5 Å². The first-order chi connectivity index (χ1) is 14.0. The molecule has 11 heteroatoms. The minimum absolute atomic E-state index is 0.232. The molecule has 0 unspecified atom stereocenters. The van der Waals surface area contributed by atoms with Crippen molar-refractivity contribution in [1.82, 2.24) is 18.5 Å². The Balaban J connectivity index is 1.40. The number of benzene rings is 1. The van der Waals surface area contributed by atoms with Crippen LogP contribution in [-0.2, 0) is 14.9 Å². The molecule has 0 aliphatic carbocycles. The third-order valence-electron chi connectivity index (χ3n) is 4.98. The molecule has 8 nitrogen and oxygen atoms in total. The molecule has 2 aliphatic heterocycles. The van der Waals surface area contributed by atoms with Crippen LogP contribution >= 0.6 is 11.3 Å². The molecule has 2 aromatic rings. The van der Waals surface area contributed by atoms with Crippen molar-refractivity contribution in [1.29, 1.82) is 0 Å². The van der Waals surface area contributed by atoms with E-state index in [1.165, 1.54) is 26.0 Å². The predicted octanol–water partition coefficient (Wildman–Crippen LogP) is 1.28. The van der Waals surface area contributed by atoms with Gasteiger partial charge in [0.15, 0.2) is 0 Å². The van der Waals surface area contributed by atoms with E-state index in [4.69, 9.17) is 4.74 Å². The van der Waals surface area contributed by atoms with Crippen molar-refractivity contribution in [2.45, 2.75) is 0 Å². The number of carbonyl (C=O) groups is 1. The number of rotatable bonds is 4. The van der Waals surface area contributed by atoms with Gasteiger partial charge in [0.1, 0.15) is 16.5 Å². The lowest BCUT2D eigenvalue weighted by Crippen LogP contribution is -2.55. The number of piperazine rings is 1. The van der Waals surface area contributed by atoms with Crippen molar-refractivity contribution in [2.24, 2.45) is 0 Å². The van der Waals surface area contributed by atoms with Gasteiger partial charge in [-0.3, -0.25) is 4.79 Å². The summed E-state index contributed by atoms with van der Waals surface area (Å²) in [6.45, 7) is 2.52. The monoisotopic (exact) mass is 440 g/mol. The molecule has 1 aromatic heterocycles. The summed E-state index contributed by atoms with van der Waals surface area (Å²) in [7, 11) is -3.54. The average Bonchev–Trinajstić information content (AvgIpc) is 3.24. The van der Waals surface area contributed by atoms with Crippen molar-refractivity contribution in [3.8, 4) is 10.6 Å². The molecule has 0 bridgehead atoms. The van der Waals surface area contributed by atoms with Crippen LogP contribution in [0.2, 0.25) is 0 Å². The van der Waals surface area contributed by atoms with Crippen molar-refractivity contribution in [3.05, 3.63) is 41.2 Å². The fourth-order valence-corrected chi connectivity index (χ4v) is 5.74. The number of morpholine rings is 1. The molecule has 0 radical (unpaired) electrons. The van der Waals surface area contributed by atoms with E-state index in [1.807, 2.05) is 0 Å². The second-order valence-electron chi connectivity index (χ2n) is 6.73. The molecule has 29 heavy (non-hydrogen) atoms. The largest absolute Gasteiger partial charge is 0.379 e. The lowest BCUT2D eigenvalue weighted by Gasteiger charge is -2.37. The van der Waals surface area contributed by atoms with Crippen LogP contribution in [0.15, 0.2) is 29.6 Å². The minimum atomic E-state index is -3.54. The summed E-state index contributed by atoms with van der Waals surface area (Å²) in [6, 6.07) is 6.29. The van der Waals surface area contributed by atoms with E-state index in [0.29, 0.717) is 36.9 Å². The Bertz CT molecular complexity index is 983. The van der Waals surface area contributed by atoms with Gasteiger partial charge in [0.2, 0.25) is 0 Å². The van der Waals surface area contributed by atoms with E-state index in [-0.39, 0.29) is 43.6 Å². The number of carbonyl (C=O) groups excluding carboxylic acids is 1. The Morgan fingerprint density at radius 1 is 1.03 bits per heavy atom. The molecule has 2 aliphatic rings. The van der Waals surface area contributed by atoms with Gasteiger partial charge in [0.25, 0.3) is 16.1 Å². The quantitative estimate of drug-likeness (QED) is 0.715. The van der Waals surface area contributed by atoms with E-state index in [1.54, 1.807) is 28.5 Å². The molecule has 0 saturated carbocycles. The molecule has 2 saturated heterocycles. The van der Waals surface area contributed by atoms with Gasteiger partial charge in [-0.15, -0.1) is 11.3 Å². The first-order valence-corrected chi connectivity index (χ1v) is 11.6.